The first kappa shape index (κ1) is 7.63. The third-order valence-corrected chi connectivity index (χ3v) is 1.51. The van der Waals surface area contributed by atoms with Crippen molar-refractivity contribution in [2.24, 2.45) is 0 Å². The predicted molar refractivity (Wildman–Crippen MR) is 44.0 cm³/mol. The van der Waals surface area contributed by atoms with Crippen molar-refractivity contribution in [1.29, 1.82) is 0 Å². The minimum Gasteiger partial charge on any atom is -0.207 e. The fourth-order valence-corrected chi connectivity index (χ4v) is 0.855. The Bertz CT molecular complexity index is 260. The van der Waals surface area contributed by atoms with Crippen molar-refractivity contribution >= 4 is 28.1 Å². The molecular formula is C7H4ClFS. The van der Waals surface area contributed by atoms with Crippen LogP contribution in [-0.4, -0.2) is 4.32 Å². The lowest BCUT2D eigenvalue weighted by molar-refractivity contribution is 0.627. The monoisotopic (exact) mass is 174 g/mol. The van der Waals surface area contributed by atoms with Crippen molar-refractivity contribution < 1.29 is 4.39 Å². The molecule has 0 heterocycles. The van der Waals surface area contributed by atoms with Crippen LogP contribution in [-0.2, 0) is 0 Å². The highest BCUT2D eigenvalue weighted by Gasteiger charge is 1.96. The first-order chi connectivity index (χ1) is 4.70. The van der Waals surface area contributed by atoms with Crippen LogP contribution in [0.1, 0.15) is 5.56 Å². The van der Waals surface area contributed by atoms with E-state index in [9.17, 15) is 4.39 Å². The van der Waals surface area contributed by atoms with E-state index in [0.717, 1.165) is 0 Å². The highest BCUT2D eigenvalue weighted by molar-refractivity contribution is 7.83. The van der Waals surface area contributed by atoms with E-state index in [-0.39, 0.29) is 10.1 Å². The van der Waals surface area contributed by atoms with Gasteiger partial charge in [-0.05, 0) is 12.1 Å². The van der Waals surface area contributed by atoms with Gasteiger partial charge in [-0.15, -0.1) is 0 Å². The minimum atomic E-state index is -0.319. The maximum atomic E-state index is 12.4. The predicted octanol–water partition coefficient (Wildman–Crippen LogP) is 2.74. The van der Waals surface area contributed by atoms with Gasteiger partial charge in [-0.2, -0.15) is 0 Å². The highest BCUT2D eigenvalue weighted by atomic mass is 35.5. The second-order valence-electron chi connectivity index (χ2n) is 1.78. The second-order valence-corrected chi connectivity index (χ2v) is 2.79. The Kier molecular flexibility index (Phi) is 2.35. The van der Waals surface area contributed by atoms with Gasteiger partial charge >= 0.3 is 0 Å². The van der Waals surface area contributed by atoms with Crippen LogP contribution in [0.4, 0.5) is 4.39 Å². The Labute approximate surface area is 68.6 Å². The van der Waals surface area contributed by atoms with Crippen LogP contribution in [0.3, 0.4) is 0 Å². The Hall–Kier alpha value is -0.470. The number of hydrogen-bond donors (Lipinski definition) is 0. The van der Waals surface area contributed by atoms with Crippen molar-refractivity contribution in [1.82, 2.24) is 0 Å². The lowest BCUT2D eigenvalue weighted by atomic mass is 10.2. The summed E-state index contributed by atoms with van der Waals surface area (Å²) in [6.07, 6.45) is 0. The normalized spacial score (nSPS) is 9.40. The molecule has 0 saturated carbocycles. The Morgan fingerprint density at radius 1 is 1.50 bits per heavy atom. The maximum Gasteiger partial charge on any atom is 0.123 e. The van der Waals surface area contributed by atoms with Crippen LogP contribution < -0.4 is 0 Å². The molecule has 1 aromatic rings. The van der Waals surface area contributed by atoms with Crippen LogP contribution in [0.15, 0.2) is 24.3 Å². The summed E-state index contributed by atoms with van der Waals surface area (Å²) in [7, 11) is 0. The van der Waals surface area contributed by atoms with Gasteiger partial charge in [0.25, 0.3) is 0 Å². The number of thiocarbonyl (C=S) groups is 1. The third kappa shape index (κ3) is 1.75. The van der Waals surface area contributed by atoms with Gasteiger partial charge in [-0.3, -0.25) is 0 Å². The van der Waals surface area contributed by atoms with Gasteiger partial charge in [0.1, 0.15) is 10.1 Å². The van der Waals surface area contributed by atoms with Gasteiger partial charge in [0.15, 0.2) is 0 Å². The summed E-state index contributed by atoms with van der Waals surface area (Å²) >= 11 is 10.1. The summed E-state index contributed by atoms with van der Waals surface area (Å²) in [5.41, 5.74) is 0.552. The zero-order chi connectivity index (χ0) is 7.56. The lowest BCUT2D eigenvalue weighted by Gasteiger charge is -1.93. The van der Waals surface area contributed by atoms with Crippen molar-refractivity contribution in [3.63, 3.8) is 0 Å². The molecule has 3 heteroatoms. The van der Waals surface area contributed by atoms with E-state index in [1.165, 1.54) is 12.1 Å². The molecule has 0 aromatic heterocycles. The average molecular weight is 175 g/mol. The van der Waals surface area contributed by atoms with E-state index in [4.69, 9.17) is 11.6 Å². The molecule has 0 spiro atoms. The number of hydrogen-bond acceptors (Lipinski definition) is 1. The van der Waals surface area contributed by atoms with Crippen molar-refractivity contribution in [2.75, 3.05) is 0 Å². The molecular weight excluding hydrogens is 171 g/mol. The van der Waals surface area contributed by atoms with Crippen LogP contribution in [0, 0.1) is 5.82 Å². The van der Waals surface area contributed by atoms with Gasteiger partial charge in [0, 0.05) is 5.56 Å². The molecule has 1 aromatic carbocycles. The third-order valence-electron chi connectivity index (χ3n) is 1.05. The van der Waals surface area contributed by atoms with E-state index < -0.39 is 0 Å². The molecule has 0 fully saturated rings. The van der Waals surface area contributed by atoms with Gasteiger partial charge in [0.2, 0.25) is 0 Å². The summed E-state index contributed by atoms with van der Waals surface area (Å²) < 4.78 is 12.6. The van der Waals surface area contributed by atoms with Gasteiger partial charge < -0.3 is 0 Å². The number of rotatable bonds is 1. The molecule has 0 N–H and O–H groups in total. The first-order valence-electron chi connectivity index (χ1n) is 2.65. The van der Waals surface area contributed by atoms with E-state index in [0.29, 0.717) is 5.56 Å². The molecule has 0 saturated heterocycles. The fraction of sp³-hybridized carbons (Fsp3) is 0. The molecule has 10 heavy (non-hydrogen) atoms. The quantitative estimate of drug-likeness (QED) is 0.466. The van der Waals surface area contributed by atoms with Gasteiger partial charge in [0.05, 0.1) is 0 Å². The molecule has 0 unspecified atom stereocenters. The molecule has 0 aliphatic rings. The standard InChI is InChI=1S/C7H4ClFS/c8-7(10)5-2-1-3-6(9)4-5/h1-4H. The zero-order valence-corrected chi connectivity index (χ0v) is 6.55. The van der Waals surface area contributed by atoms with Crippen LogP contribution in [0.25, 0.3) is 0 Å². The number of benzene rings is 1. The first-order valence-corrected chi connectivity index (χ1v) is 3.44. The molecule has 52 valence electrons. The fourth-order valence-electron chi connectivity index (χ4n) is 0.611. The van der Waals surface area contributed by atoms with Crippen LogP contribution >= 0.6 is 23.8 Å². The Morgan fingerprint density at radius 3 is 2.60 bits per heavy atom. The molecule has 0 amide bonds. The average Bonchev–Trinajstić information content (AvgIpc) is 1.88. The van der Waals surface area contributed by atoms with Gasteiger partial charge in [-0.25, -0.2) is 4.39 Å². The van der Waals surface area contributed by atoms with E-state index in [1.54, 1.807) is 12.1 Å². The van der Waals surface area contributed by atoms with Gasteiger partial charge in [-0.1, -0.05) is 36.0 Å². The van der Waals surface area contributed by atoms with Crippen LogP contribution in [0.5, 0.6) is 0 Å². The topological polar surface area (TPSA) is 0 Å². The molecule has 0 aliphatic carbocycles. The van der Waals surface area contributed by atoms with Crippen LogP contribution in [0.2, 0.25) is 0 Å². The largest absolute Gasteiger partial charge is 0.207 e. The second kappa shape index (κ2) is 3.08. The van der Waals surface area contributed by atoms with Crippen molar-refractivity contribution in [3.8, 4) is 0 Å². The summed E-state index contributed by atoms with van der Waals surface area (Å²) in [6.45, 7) is 0. The molecule has 0 nitrogen and oxygen atoms in total. The summed E-state index contributed by atoms with van der Waals surface area (Å²) in [5, 5.41) is 0. The minimum absolute atomic E-state index is 0.194. The summed E-state index contributed by atoms with van der Waals surface area (Å²) in [5.74, 6) is -0.319. The molecule has 1 rings (SSSR count). The van der Waals surface area contributed by atoms with Crippen molar-refractivity contribution in [3.05, 3.63) is 35.6 Å². The molecule has 0 atom stereocenters. The van der Waals surface area contributed by atoms with E-state index in [1.807, 2.05) is 0 Å². The SMILES string of the molecule is Fc1cccc(C(=S)Cl)c1. The summed E-state index contributed by atoms with van der Waals surface area (Å²) in [4.78, 5) is 0. The number of halogens is 2. The molecule has 0 aliphatic heterocycles. The zero-order valence-electron chi connectivity index (χ0n) is 4.97. The molecule has 0 bridgehead atoms. The van der Waals surface area contributed by atoms with E-state index >= 15 is 0 Å². The molecule has 0 radical (unpaired) electrons. The Morgan fingerprint density at radius 2 is 2.20 bits per heavy atom. The lowest BCUT2D eigenvalue weighted by Crippen LogP contribution is -1.86. The van der Waals surface area contributed by atoms with Crippen molar-refractivity contribution in [2.45, 2.75) is 0 Å². The Balaban J connectivity index is 3.07. The smallest absolute Gasteiger partial charge is 0.123 e. The summed E-state index contributed by atoms with van der Waals surface area (Å²) in [6, 6.07) is 5.88. The maximum absolute atomic E-state index is 12.4. The highest BCUT2D eigenvalue weighted by Crippen LogP contribution is 2.06. The van der Waals surface area contributed by atoms with E-state index in [2.05, 4.69) is 12.2 Å².